The highest BCUT2D eigenvalue weighted by atomic mass is 35.5. The Labute approximate surface area is 42.2 Å². The van der Waals surface area contributed by atoms with Crippen LogP contribution in [0.5, 0.6) is 0 Å². The molecule has 0 aliphatic rings. The molecule has 0 bridgehead atoms. The molecular weight excluding hydrogens is 99.5 g/mol. The molecule has 0 aromatic rings. The molecule has 1 nitrogen and oxygen atoms in total. The number of halogens is 1. The van der Waals surface area contributed by atoms with Gasteiger partial charge in [-0.05, 0) is 0 Å². The van der Waals surface area contributed by atoms with Gasteiger partial charge in [0.05, 0.1) is 12.0 Å². The Balaban J connectivity index is 2.96. The molecule has 0 unspecified atom stereocenters. The monoisotopic (exact) mass is 106 g/mol. The number of rotatable bonds is 2. The van der Waals surface area contributed by atoms with Gasteiger partial charge in [-0.3, -0.25) is 0 Å². The van der Waals surface area contributed by atoms with E-state index in [1.165, 1.54) is 6.08 Å². The smallest absolute Gasteiger partial charge is 0.0744 e. The largest absolute Gasteiger partial charge is 0.395 e. The van der Waals surface area contributed by atoms with Gasteiger partial charge in [-0.2, -0.15) is 0 Å². The van der Waals surface area contributed by atoms with Crippen LogP contribution in [0.15, 0.2) is 12.7 Å². The Bertz CT molecular complexity index is 44.8. The summed E-state index contributed by atoms with van der Waals surface area (Å²) < 4.78 is 0. The van der Waals surface area contributed by atoms with Crippen molar-refractivity contribution >= 4 is 11.6 Å². The highest BCUT2D eigenvalue weighted by molar-refractivity contribution is 6.21. The van der Waals surface area contributed by atoms with Gasteiger partial charge in [-0.15, -0.1) is 18.2 Å². The van der Waals surface area contributed by atoms with E-state index in [0.717, 1.165) is 0 Å². The normalized spacial score (nSPS) is 13.7. The topological polar surface area (TPSA) is 20.2 Å². The zero-order valence-electron chi connectivity index (χ0n) is 3.39. The van der Waals surface area contributed by atoms with Gasteiger partial charge in [-0.1, -0.05) is 6.08 Å². The lowest BCUT2D eigenvalue weighted by Gasteiger charge is -1.90. The second-order valence-corrected chi connectivity index (χ2v) is 1.49. The van der Waals surface area contributed by atoms with Crippen LogP contribution in [-0.2, 0) is 0 Å². The fourth-order valence-electron chi connectivity index (χ4n) is 0.0745. The van der Waals surface area contributed by atoms with Gasteiger partial charge in [0.1, 0.15) is 0 Å². The third-order valence-electron chi connectivity index (χ3n) is 0.430. The fourth-order valence-corrected chi connectivity index (χ4v) is 0.0745. The maximum atomic E-state index is 8.13. The average Bonchev–Trinajstić information content (AvgIpc) is 1.65. The Morgan fingerprint density at radius 1 is 2.00 bits per heavy atom. The summed E-state index contributed by atoms with van der Waals surface area (Å²) in [5.74, 6) is 0. The number of hydrogen-bond donors (Lipinski definition) is 1. The summed E-state index contributed by atoms with van der Waals surface area (Å²) in [6.45, 7) is 3.32. The van der Waals surface area contributed by atoms with E-state index in [4.69, 9.17) is 16.7 Å². The van der Waals surface area contributed by atoms with Gasteiger partial charge in [-0.25, -0.2) is 0 Å². The lowest BCUT2D eigenvalue weighted by Crippen LogP contribution is -1.97. The van der Waals surface area contributed by atoms with Crippen LogP contribution in [0, 0.1) is 0 Å². The van der Waals surface area contributed by atoms with Crippen LogP contribution in [0.4, 0.5) is 0 Å². The average molecular weight is 107 g/mol. The van der Waals surface area contributed by atoms with Crippen molar-refractivity contribution in [3.05, 3.63) is 12.7 Å². The number of alkyl halides is 1. The lowest BCUT2D eigenvalue weighted by atomic mass is 10.4. The number of hydrogen-bond acceptors (Lipinski definition) is 1. The van der Waals surface area contributed by atoms with Gasteiger partial charge in [0.2, 0.25) is 0 Å². The van der Waals surface area contributed by atoms with Crippen LogP contribution < -0.4 is 0 Å². The summed E-state index contributed by atoms with van der Waals surface area (Å²) in [6, 6.07) is 0. The van der Waals surface area contributed by atoms with E-state index in [0.29, 0.717) is 0 Å². The van der Waals surface area contributed by atoms with Crippen molar-refractivity contribution in [3.8, 4) is 0 Å². The van der Waals surface area contributed by atoms with Crippen molar-refractivity contribution < 1.29 is 5.11 Å². The molecule has 0 aliphatic heterocycles. The van der Waals surface area contributed by atoms with E-state index in [1.807, 2.05) is 0 Å². The van der Waals surface area contributed by atoms with Crippen molar-refractivity contribution in [1.29, 1.82) is 0 Å². The second-order valence-electron chi connectivity index (χ2n) is 0.934. The molecule has 0 rings (SSSR count). The number of aliphatic hydroxyl groups excluding tert-OH is 1. The minimum atomic E-state index is -0.273. The quantitative estimate of drug-likeness (QED) is 0.407. The van der Waals surface area contributed by atoms with E-state index >= 15 is 0 Å². The molecule has 36 valence electrons. The van der Waals surface area contributed by atoms with Gasteiger partial charge in [0.25, 0.3) is 0 Å². The van der Waals surface area contributed by atoms with Crippen LogP contribution in [-0.4, -0.2) is 17.1 Å². The first-order valence-electron chi connectivity index (χ1n) is 1.68. The molecule has 0 aliphatic carbocycles. The van der Waals surface area contributed by atoms with Crippen molar-refractivity contribution in [3.63, 3.8) is 0 Å². The molecule has 6 heavy (non-hydrogen) atoms. The second kappa shape index (κ2) is 3.19. The van der Waals surface area contributed by atoms with Crippen molar-refractivity contribution in [2.45, 2.75) is 5.38 Å². The first kappa shape index (κ1) is 5.99. The molecule has 0 radical (unpaired) electrons. The van der Waals surface area contributed by atoms with Gasteiger partial charge in [0.15, 0.2) is 0 Å². The third-order valence-corrected chi connectivity index (χ3v) is 0.746. The van der Waals surface area contributed by atoms with Crippen molar-refractivity contribution in [2.24, 2.45) is 0 Å². The SMILES string of the molecule is C=C[C@H](Cl)CO. The number of aliphatic hydroxyl groups is 1. The van der Waals surface area contributed by atoms with Crippen LogP contribution in [0.25, 0.3) is 0 Å². The summed E-state index contributed by atoms with van der Waals surface area (Å²) in [6.07, 6.45) is 1.49. The molecule has 2 heteroatoms. The lowest BCUT2D eigenvalue weighted by molar-refractivity contribution is 0.305. The van der Waals surface area contributed by atoms with Gasteiger partial charge < -0.3 is 5.11 Å². The van der Waals surface area contributed by atoms with Gasteiger partial charge >= 0.3 is 0 Å². The maximum absolute atomic E-state index is 8.13. The summed E-state index contributed by atoms with van der Waals surface area (Å²) in [7, 11) is 0. The summed E-state index contributed by atoms with van der Waals surface area (Å²) in [4.78, 5) is 0. The standard InChI is InChI=1S/C4H7ClO/c1-2-4(5)3-6/h2,4,6H,1,3H2/t4-/m0/s1. The first-order chi connectivity index (χ1) is 2.81. The van der Waals surface area contributed by atoms with Crippen LogP contribution in [0.1, 0.15) is 0 Å². The van der Waals surface area contributed by atoms with Crippen LogP contribution in [0.3, 0.4) is 0 Å². The molecule has 0 heterocycles. The predicted molar refractivity (Wildman–Crippen MR) is 26.9 cm³/mol. The Kier molecular flexibility index (Phi) is 3.19. The zero-order chi connectivity index (χ0) is 4.99. The summed E-state index contributed by atoms with van der Waals surface area (Å²) in [5, 5.41) is 7.86. The summed E-state index contributed by atoms with van der Waals surface area (Å²) in [5.41, 5.74) is 0. The van der Waals surface area contributed by atoms with E-state index in [1.54, 1.807) is 0 Å². The summed E-state index contributed by atoms with van der Waals surface area (Å²) >= 11 is 5.28. The fraction of sp³-hybridized carbons (Fsp3) is 0.500. The van der Waals surface area contributed by atoms with Crippen LogP contribution >= 0.6 is 11.6 Å². The zero-order valence-corrected chi connectivity index (χ0v) is 4.15. The van der Waals surface area contributed by atoms with Crippen molar-refractivity contribution in [2.75, 3.05) is 6.61 Å². The molecule has 0 aromatic carbocycles. The van der Waals surface area contributed by atoms with Gasteiger partial charge in [0, 0.05) is 0 Å². The molecule has 0 aromatic heterocycles. The van der Waals surface area contributed by atoms with Crippen molar-refractivity contribution in [1.82, 2.24) is 0 Å². The Morgan fingerprint density at radius 3 is 2.50 bits per heavy atom. The minimum Gasteiger partial charge on any atom is -0.395 e. The first-order valence-corrected chi connectivity index (χ1v) is 2.12. The maximum Gasteiger partial charge on any atom is 0.0744 e. The molecule has 0 saturated carbocycles. The molecule has 0 amide bonds. The molecule has 0 spiro atoms. The highest BCUT2D eigenvalue weighted by Gasteiger charge is 1.89. The van der Waals surface area contributed by atoms with E-state index in [2.05, 4.69) is 6.58 Å². The molecule has 1 N–H and O–H groups in total. The van der Waals surface area contributed by atoms with E-state index in [9.17, 15) is 0 Å². The van der Waals surface area contributed by atoms with Crippen LogP contribution in [0.2, 0.25) is 0 Å². The predicted octanol–water partition coefficient (Wildman–Crippen LogP) is 0.772. The van der Waals surface area contributed by atoms with E-state index in [-0.39, 0.29) is 12.0 Å². The Hall–Kier alpha value is -0.0100. The molecule has 1 atom stereocenters. The Morgan fingerprint density at radius 2 is 2.50 bits per heavy atom. The minimum absolute atomic E-state index is 0.0228. The highest BCUT2D eigenvalue weighted by Crippen LogP contribution is 1.91. The third kappa shape index (κ3) is 2.24. The molecule has 0 saturated heterocycles. The molecular formula is C4H7ClO. The van der Waals surface area contributed by atoms with E-state index < -0.39 is 0 Å². The molecule has 0 fully saturated rings.